The summed E-state index contributed by atoms with van der Waals surface area (Å²) < 4.78 is 76.2. The highest BCUT2D eigenvalue weighted by atomic mass is 19.4. The minimum atomic E-state index is -4.55. The number of aromatic amines is 1. The topological polar surface area (TPSA) is 41.8 Å². The first-order chi connectivity index (χ1) is 18.2. The largest absolute Gasteiger partial charge is 0.490 e. The molecule has 0 saturated carbocycles. The zero-order valence-corrected chi connectivity index (χ0v) is 19.9. The molecule has 0 bridgehead atoms. The van der Waals surface area contributed by atoms with Gasteiger partial charge in [0.2, 0.25) is 0 Å². The van der Waals surface area contributed by atoms with Crippen molar-refractivity contribution < 1.29 is 31.3 Å². The average molecular weight is 522 g/mol. The molecule has 4 nitrogen and oxygen atoms in total. The summed E-state index contributed by atoms with van der Waals surface area (Å²) in [7, 11) is 0. The standard InChI is InChI=1S/C29H20F5N3O/c1-2-14-38-20-10-11-21(23(15-20)29(32,33)34)19-8-6-18(7-9-19)16-37-13-12-25-26(17-37)36-28(35-25)22-4-3-5-24(30)27(22)31/h2-13,15,17H,1,14,16H2/p+1. The van der Waals surface area contributed by atoms with Crippen molar-refractivity contribution in [2.24, 2.45) is 0 Å². The fraction of sp³-hybridized carbons (Fsp3) is 0.103. The Bertz CT molecular complexity index is 1620. The molecule has 2 heterocycles. The SMILES string of the molecule is C=CCOc1ccc(-c2ccc(C[n+]3ccc4nc(-c5cccc(F)c5F)[nH]c4c3)cc2)c(C(F)(F)F)c1. The van der Waals surface area contributed by atoms with E-state index in [1.54, 1.807) is 42.7 Å². The predicted molar refractivity (Wildman–Crippen MR) is 133 cm³/mol. The number of aromatic nitrogens is 3. The number of nitrogens with zero attached hydrogens (tertiary/aromatic N) is 2. The number of hydrogen-bond donors (Lipinski definition) is 1. The number of rotatable bonds is 7. The molecule has 1 N–H and O–H groups in total. The third-order valence-electron chi connectivity index (χ3n) is 5.98. The van der Waals surface area contributed by atoms with E-state index in [1.807, 2.05) is 4.57 Å². The van der Waals surface area contributed by atoms with Crippen molar-refractivity contribution in [1.82, 2.24) is 9.97 Å². The third kappa shape index (κ3) is 5.13. The second-order valence-corrected chi connectivity index (χ2v) is 8.60. The zero-order valence-electron chi connectivity index (χ0n) is 19.9. The second-order valence-electron chi connectivity index (χ2n) is 8.60. The third-order valence-corrected chi connectivity index (χ3v) is 5.98. The van der Waals surface area contributed by atoms with E-state index in [0.717, 1.165) is 17.7 Å². The average Bonchev–Trinajstić information content (AvgIpc) is 3.32. The molecule has 0 atom stereocenters. The molecule has 5 aromatic rings. The monoisotopic (exact) mass is 522 g/mol. The highest BCUT2D eigenvalue weighted by Crippen LogP contribution is 2.39. The van der Waals surface area contributed by atoms with Crippen LogP contribution in [-0.2, 0) is 12.7 Å². The molecule has 0 aliphatic carbocycles. The van der Waals surface area contributed by atoms with E-state index in [0.29, 0.717) is 23.1 Å². The lowest BCUT2D eigenvalue weighted by Gasteiger charge is -2.15. The number of benzene rings is 3. The van der Waals surface area contributed by atoms with Gasteiger partial charge in [-0.25, -0.2) is 13.8 Å². The van der Waals surface area contributed by atoms with Crippen molar-refractivity contribution in [1.29, 1.82) is 0 Å². The van der Waals surface area contributed by atoms with E-state index in [4.69, 9.17) is 4.74 Å². The van der Waals surface area contributed by atoms with Gasteiger partial charge in [0, 0.05) is 11.6 Å². The van der Waals surface area contributed by atoms with Gasteiger partial charge in [-0.3, -0.25) is 0 Å². The van der Waals surface area contributed by atoms with Crippen LogP contribution in [0.5, 0.6) is 5.75 Å². The van der Waals surface area contributed by atoms with Gasteiger partial charge in [-0.1, -0.05) is 49.1 Å². The van der Waals surface area contributed by atoms with Crippen LogP contribution in [0.25, 0.3) is 33.5 Å². The highest BCUT2D eigenvalue weighted by molar-refractivity contribution is 5.77. The Hall–Kier alpha value is -4.53. The lowest BCUT2D eigenvalue weighted by atomic mass is 9.98. The van der Waals surface area contributed by atoms with Crippen molar-refractivity contribution in [3.05, 3.63) is 115 Å². The fourth-order valence-corrected chi connectivity index (χ4v) is 4.17. The first kappa shape index (κ1) is 25.1. The highest BCUT2D eigenvalue weighted by Gasteiger charge is 2.34. The van der Waals surface area contributed by atoms with E-state index in [1.165, 1.54) is 30.3 Å². The molecule has 0 aliphatic rings. The van der Waals surface area contributed by atoms with Crippen LogP contribution in [-0.4, -0.2) is 16.6 Å². The summed E-state index contributed by atoms with van der Waals surface area (Å²) in [5.74, 6) is -1.61. The molecule has 2 aromatic heterocycles. The van der Waals surface area contributed by atoms with Gasteiger partial charge in [0.05, 0.1) is 11.1 Å². The van der Waals surface area contributed by atoms with Gasteiger partial charge in [-0.05, 0) is 35.4 Å². The van der Waals surface area contributed by atoms with Crippen molar-refractivity contribution in [3.8, 4) is 28.3 Å². The van der Waals surface area contributed by atoms with E-state index in [2.05, 4.69) is 16.5 Å². The second kappa shape index (κ2) is 10.1. The van der Waals surface area contributed by atoms with E-state index < -0.39 is 23.4 Å². The van der Waals surface area contributed by atoms with Gasteiger partial charge < -0.3 is 9.72 Å². The van der Waals surface area contributed by atoms with Gasteiger partial charge >= 0.3 is 6.18 Å². The Morgan fingerprint density at radius 2 is 1.76 bits per heavy atom. The van der Waals surface area contributed by atoms with Crippen LogP contribution in [0.3, 0.4) is 0 Å². The Morgan fingerprint density at radius 1 is 0.974 bits per heavy atom. The fourth-order valence-electron chi connectivity index (χ4n) is 4.17. The molecule has 0 amide bonds. The maximum absolute atomic E-state index is 14.2. The predicted octanol–water partition coefficient (Wildman–Crippen LogP) is 7.09. The lowest BCUT2D eigenvalue weighted by molar-refractivity contribution is -0.687. The number of ether oxygens (including phenoxy) is 1. The Morgan fingerprint density at radius 3 is 2.50 bits per heavy atom. The molecule has 0 saturated heterocycles. The Kier molecular flexibility index (Phi) is 6.67. The molecule has 0 unspecified atom stereocenters. The van der Waals surface area contributed by atoms with Crippen LogP contribution < -0.4 is 9.30 Å². The summed E-state index contributed by atoms with van der Waals surface area (Å²) in [6.07, 6.45) is 0.475. The summed E-state index contributed by atoms with van der Waals surface area (Å²) in [4.78, 5) is 7.36. The van der Waals surface area contributed by atoms with Gasteiger partial charge in [0.25, 0.3) is 0 Å². The van der Waals surface area contributed by atoms with Gasteiger partial charge in [0.1, 0.15) is 29.2 Å². The summed E-state index contributed by atoms with van der Waals surface area (Å²) in [6, 6.07) is 16.3. The molecular weight excluding hydrogens is 501 g/mol. The van der Waals surface area contributed by atoms with Crippen LogP contribution in [0.2, 0.25) is 0 Å². The zero-order chi connectivity index (χ0) is 26.9. The summed E-state index contributed by atoms with van der Waals surface area (Å²) >= 11 is 0. The van der Waals surface area contributed by atoms with Crippen LogP contribution in [0.4, 0.5) is 22.0 Å². The van der Waals surface area contributed by atoms with Crippen LogP contribution >= 0.6 is 0 Å². The normalized spacial score (nSPS) is 11.6. The lowest BCUT2D eigenvalue weighted by Crippen LogP contribution is -2.33. The number of hydrogen-bond acceptors (Lipinski definition) is 2. The molecule has 192 valence electrons. The minimum Gasteiger partial charge on any atom is -0.490 e. The summed E-state index contributed by atoms with van der Waals surface area (Å²) in [5, 5.41) is 0. The molecule has 0 spiro atoms. The van der Waals surface area contributed by atoms with Gasteiger partial charge in [0.15, 0.2) is 30.6 Å². The van der Waals surface area contributed by atoms with Crippen molar-refractivity contribution >= 4 is 11.0 Å². The molecule has 3 aromatic carbocycles. The maximum Gasteiger partial charge on any atom is 0.417 e. The minimum absolute atomic E-state index is 0.0295. The quantitative estimate of drug-likeness (QED) is 0.141. The molecular formula is C29H21F5N3O+. The van der Waals surface area contributed by atoms with Gasteiger partial charge in [-0.15, -0.1) is 0 Å². The summed E-state index contributed by atoms with van der Waals surface area (Å²) in [6.45, 7) is 4.04. The first-order valence-corrected chi connectivity index (χ1v) is 11.6. The molecule has 38 heavy (non-hydrogen) atoms. The number of alkyl halides is 3. The smallest absolute Gasteiger partial charge is 0.417 e. The molecule has 0 radical (unpaired) electrons. The number of nitrogens with one attached hydrogen (secondary N) is 1. The van der Waals surface area contributed by atoms with Crippen molar-refractivity contribution in [2.45, 2.75) is 12.7 Å². The molecule has 0 aliphatic heterocycles. The van der Waals surface area contributed by atoms with Gasteiger partial charge in [-0.2, -0.15) is 17.7 Å². The molecule has 9 heteroatoms. The maximum atomic E-state index is 14.2. The number of H-pyrrole nitrogens is 1. The van der Waals surface area contributed by atoms with E-state index in [9.17, 15) is 22.0 Å². The van der Waals surface area contributed by atoms with Crippen molar-refractivity contribution in [2.75, 3.05) is 6.61 Å². The molecule has 5 rings (SSSR count). The van der Waals surface area contributed by atoms with Crippen LogP contribution in [0.1, 0.15) is 11.1 Å². The molecule has 0 fully saturated rings. The number of fused-ring (bicyclic) bond motifs is 1. The number of pyridine rings is 1. The Balaban J connectivity index is 1.39. The van der Waals surface area contributed by atoms with Crippen LogP contribution in [0.15, 0.2) is 91.8 Å². The Labute approximate surface area is 214 Å². The number of imidazole rings is 1. The first-order valence-electron chi connectivity index (χ1n) is 11.6. The summed E-state index contributed by atoms with van der Waals surface area (Å²) in [5.41, 5.74) is 1.78. The van der Waals surface area contributed by atoms with Crippen molar-refractivity contribution in [3.63, 3.8) is 0 Å². The van der Waals surface area contributed by atoms with E-state index >= 15 is 0 Å². The van der Waals surface area contributed by atoms with Crippen LogP contribution in [0, 0.1) is 11.6 Å². The number of halogens is 5. The van der Waals surface area contributed by atoms with E-state index in [-0.39, 0.29) is 29.3 Å².